The number of nitrogens with zero attached hydrogens (tertiary/aromatic N) is 3. The number of rotatable bonds is 6. The Kier molecular flexibility index (Phi) is 5.03. The van der Waals surface area contributed by atoms with E-state index in [0.717, 1.165) is 22.6 Å². The standard InChI is InChI=1S/C22H23N3O2/c1-17-12-23-22(19-10-6-3-7-11-19)25(17)20-13-24(14-20)21(26)16-27-15-18-8-4-2-5-9-18/h2-12,20H,13-16H2,1H3. The molecule has 0 spiro atoms. The molecule has 5 heteroatoms. The zero-order valence-corrected chi connectivity index (χ0v) is 15.4. The molecule has 1 aromatic heterocycles. The molecule has 0 N–H and O–H groups in total. The van der Waals surface area contributed by atoms with E-state index in [2.05, 4.69) is 28.6 Å². The molecule has 0 bridgehead atoms. The molecule has 0 saturated carbocycles. The van der Waals surface area contributed by atoms with Crippen LogP contribution < -0.4 is 0 Å². The van der Waals surface area contributed by atoms with Gasteiger partial charge >= 0.3 is 0 Å². The molecule has 27 heavy (non-hydrogen) atoms. The van der Waals surface area contributed by atoms with Crippen molar-refractivity contribution in [1.82, 2.24) is 14.5 Å². The van der Waals surface area contributed by atoms with Crippen LogP contribution in [0.3, 0.4) is 0 Å². The van der Waals surface area contributed by atoms with E-state index in [1.165, 1.54) is 0 Å². The summed E-state index contributed by atoms with van der Waals surface area (Å²) in [6, 6.07) is 20.3. The number of ether oxygens (including phenoxy) is 1. The minimum absolute atomic E-state index is 0.0428. The highest BCUT2D eigenvalue weighted by atomic mass is 16.5. The molecular weight excluding hydrogens is 338 g/mol. The van der Waals surface area contributed by atoms with Crippen LogP contribution in [0.25, 0.3) is 11.4 Å². The normalized spacial score (nSPS) is 14.2. The van der Waals surface area contributed by atoms with Gasteiger partial charge in [-0.1, -0.05) is 60.7 Å². The second kappa shape index (κ2) is 7.76. The number of likely N-dealkylation sites (tertiary alicyclic amines) is 1. The quantitative estimate of drug-likeness (QED) is 0.675. The van der Waals surface area contributed by atoms with Crippen LogP contribution in [0.2, 0.25) is 0 Å². The number of amides is 1. The number of aryl methyl sites for hydroxylation is 1. The lowest BCUT2D eigenvalue weighted by Gasteiger charge is -2.41. The maximum absolute atomic E-state index is 12.3. The molecule has 0 unspecified atom stereocenters. The Hall–Kier alpha value is -2.92. The molecule has 138 valence electrons. The first-order valence-corrected chi connectivity index (χ1v) is 9.21. The number of aromatic nitrogens is 2. The van der Waals surface area contributed by atoms with Crippen LogP contribution in [0.4, 0.5) is 0 Å². The highest BCUT2D eigenvalue weighted by Crippen LogP contribution is 2.29. The zero-order chi connectivity index (χ0) is 18.6. The molecule has 1 aliphatic rings. The highest BCUT2D eigenvalue weighted by molar-refractivity contribution is 5.78. The van der Waals surface area contributed by atoms with Gasteiger partial charge in [0.25, 0.3) is 0 Å². The number of hydrogen-bond acceptors (Lipinski definition) is 3. The van der Waals surface area contributed by atoms with E-state index in [1.54, 1.807) is 0 Å². The van der Waals surface area contributed by atoms with Crippen molar-refractivity contribution in [2.45, 2.75) is 19.6 Å². The number of benzene rings is 2. The van der Waals surface area contributed by atoms with Crippen LogP contribution in [-0.2, 0) is 16.1 Å². The smallest absolute Gasteiger partial charge is 0.248 e. The van der Waals surface area contributed by atoms with Gasteiger partial charge in [0.2, 0.25) is 5.91 Å². The molecular formula is C22H23N3O2. The van der Waals surface area contributed by atoms with Gasteiger partial charge in [0.1, 0.15) is 12.4 Å². The predicted octanol–water partition coefficient (Wildman–Crippen LogP) is 3.46. The van der Waals surface area contributed by atoms with Crippen molar-refractivity contribution < 1.29 is 9.53 Å². The van der Waals surface area contributed by atoms with E-state index in [4.69, 9.17) is 4.74 Å². The van der Waals surface area contributed by atoms with E-state index in [1.807, 2.05) is 59.6 Å². The van der Waals surface area contributed by atoms with E-state index in [0.29, 0.717) is 19.7 Å². The van der Waals surface area contributed by atoms with Crippen LogP contribution in [-0.4, -0.2) is 40.1 Å². The SMILES string of the molecule is Cc1cnc(-c2ccccc2)n1C1CN(C(=O)COCc2ccccc2)C1. The summed E-state index contributed by atoms with van der Waals surface area (Å²) < 4.78 is 7.81. The lowest BCUT2D eigenvalue weighted by atomic mass is 10.1. The average molecular weight is 361 g/mol. The fourth-order valence-electron chi connectivity index (χ4n) is 3.45. The fourth-order valence-corrected chi connectivity index (χ4v) is 3.45. The molecule has 1 amide bonds. The predicted molar refractivity (Wildman–Crippen MR) is 104 cm³/mol. The molecule has 2 heterocycles. The molecule has 2 aromatic carbocycles. The number of carbonyl (C=O) groups is 1. The lowest BCUT2D eigenvalue weighted by molar-refractivity contribution is -0.142. The number of imidazole rings is 1. The van der Waals surface area contributed by atoms with E-state index < -0.39 is 0 Å². The lowest BCUT2D eigenvalue weighted by Crippen LogP contribution is -2.52. The van der Waals surface area contributed by atoms with E-state index in [-0.39, 0.29) is 18.6 Å². The van der Waals surface area contributed by atoms with Gasteiger partial charge in [-0.15, -0.1) is 0 Å². The Morgan fingerprint density at radius 3 is 2.44 bits per heavy atom. The third-order valence-corrected chi connectivity index (χ3v) is 4.93. The van der Waals surface area contributed by atoms with Crippen molar-refractivity contribution in [3.8, 4) is 11.4 Å². The molecule has 3 aromatic rings. The Morgan fingerprint density at radius 2 is 1.74 bits per heavy atom. The van der Waals surface area contributed by atoms with Crippen molar-refractivity contribution in [3.63, 3.8) is 0 Å². The first-order chi connectivity index (χ1) is 13.2. The first-order valence-electron chi connectivity index (χ1n) is 9.21. The Labute approximate surface area is 159 Å². The van der Waals surface area contributed by atoms with E-state index in [9.17, 15) is 4.79 Å². The second-order valence-corrected chi connectivity index (χ2v) is 6.89. The summed E-state index contributed by atoms with van der Waals surface area (Å²) in [4.78, 5) is 18.8. The van der Waals surface area contributed by atoms with Crippen molar-refractivity contribution in [1.29, 1.82) is 0 Å². The molecule has 1 fully saturated rings. The average Bonchev–Trinajstić information content (AvgIpc) is 3.04. The minimum atomic E-state index is 0.0428. The fraction of sp³-hybridized carbons (Fsp3) is 0.273. The van der Waals surface area contributed by atoms with Gasteiger partial charge in [-0.2, -0.15) is 0 Å². The summed E-state index contributed by atoms with van der Waals surface area (Å²) in [5, 5.41) is 0. The highest BCUT2D eigenvalue weighted by Gasteiger charge is 2.33. The molecule has 0 radical (unpaired) electrons. The van der Waals surface area contributed by atoms with Crippen LogP contribution in [0.5, 0.6) is 0 Å². The van der Waals surface area contributed by atoms with Crippen molar-refractivity contribution in [3.05, 3.63) is 78.1 Å². The summed E-state index contributed by atoms with van der Waals surface area (Å²) >= 11 is 0. The van der Waals surface area contributed by atoms with Crippen LogP contribution in [0.1, 0.15) is 17.3 Å². The van der Waals surface area contributed by atoms with Crippen molar-refractivity contribution in [2.24, 2.45) is 0 Å². The van der Waals surface area contributed by atoms with Crippen LogP contribution in [0, 0.1) is 6.92 Å². The maximum atomic E-state index is 12.3. The minimum Gasteiger partial charge on any atom is -0.367 e. The summed E-state index contributed by atoms with van der Waals surface area (Å²) in [5.74, 6) is 1.01. The van der Waals surface area contributed by atoms with Gasteiger partial charge in [-0.3, -0.25) is 4.79 Å². The van der Waals surface area contributed by atoms with Crippen molar-refractivity contribution >= 4 is 5.91 Å². The summed E-state index contributed by atoms with van der Waals surface area (Å²) in [7, 11) is 0. The van der Waals surface area contributed by atoms with Crippen LogP contribution >= 0.6 is 0 Å². The zero-order valence-electron chi connectivity index (χ0n) is 15.4. The van der Waals surface area contributed by atoms with Gasteiger partial charge in [-0.25, -0.2) is 4.98 Å². The van der Waals surface area contributed by atoms with Gasteiger partial charge in [0.15, 0.2) is 0 Å². The largest absolute Gasteiger partial charge is 0.367 e. The third kappa shape index (κ3) is 3.78. The van der Waals surface area contributed by atoms with E-state index >= 15 is 0 Å². The Balaban J connectivity index is 1.33. The Morgan fingerprint density at radius 1 is 1.07 bits per heavy atom. The van der Waals surface area contributed by atoms with Gasteiger partial charge in [0, 0.05) is 30.5 Å². The summed E-state index contributed by atoms with van der Waals surface area (Å²) in [6.45, 7) is 4.04. The summed E-state index contributed by atoms with van der Waals surface area (Å²) in [5.41, 5.74) is 3.29. The number of carbonyl (C=O) groups excluding carboxylic acids is 1. The Bertz CT molecular complexity index is 900. The van der Waals surface area contributed by atoms with Crippen molar-refractivity contribution in [2.75, 3.05) is 19.7 Å². The number of hydrogen-bond donors (Lipinski definition) is 0. The van der Waals surface area contributed by atoms with Gasteiger partial charge < -0.3 is 14.2 Å². The molecule has 4 rings (SSSR count). The molecule has 1 aliphatic heterocycles. The monoisotopic (exact) mass is 361 g/mol. The molecule has 1 saturated heterocycles. The molecule has 5 nitrogen and oxygen atoms in total. The third-order valence-electron chi connectivity index (χ3n) is 4.93. The van der Waals surface area contributed by atoms with Crippen LogP contribution in [0.15, 0.2) is 66.9 Å². The molecule has 0 atom stereocenters. The second-order valence-electron chi connectivity index (χ2n) is 6.89. The van der Waals surface area contributed by atoms with Gasteiger partial charge in [0.05, 0.1) is 12.6 Å². The maximum Gasteiger partial charge on any atom is 0.248 e. The summed E-state index contributed by atoms with van der Waals surface area (Å²) in [6.07, 6.45) is 1.90. The van der Waals surface area contributed by atoms with Gasteiger partial charge in [-0.05, 0) is 12.5 Å². The topological polar surface area (TPSA) is 47.4 Å². The molecule has 0 aliphatic carbocycles. The first kappa shape index (κ1) is 17.5.